The average Bonchev–Trinajstić information content (AvgIpc) is 2.30. The van der Waals surface area contributed by atoms with Gasteiger partial charge in [-0.1, -0.05) is 32.1 Å². The summed E-state index contributed by atoms with van der Waals surface area (Å²) in [4.78, 5) is 0. The lowest BCUT2D eigenvalue weighted by Crippen LogP contribution is -2.19. The average molecular weight is 259 g/mol. The molecule has 0 saturated heterocycles. The van der Waals surface area contributed by atoms with E-state index in [1.54, 1.807) is 0 Å². The molecule has 3 heteroatoms. The van der Waals surface area contributed by atoms with E-state index in [1.807, 2.05) is 0 Å². The van der Waals surface area contributed by atoms with E-state index in [1.165, 1.54) is 57.8 Å². The van der Waals surface area contributed by atoms with Gasteiger partial charge in [0.2, 0.25) is 0 Å². The summed E-state index contributed by atoms with van der Waals surface area (Å²) >= 11 is 4.17. The molecule has 1 aliphatic carbocycles. The Morgan fingerprint density at radius 1 is 0.941 bits per heavy atom. The van der Waals surface area contributed by atoms with Crippen LogP contribution in [0.15, 0.2) is 0 Å². The lowest BCUT2D eigenvalue weighted by Gasteiger charge is -2.20. The van der Waals surface area contributed by atoms with Gasteiger partial charge in [-0.05, 0) is 32.2 Å². The molecule has 1 aliphatic rings. The minimum Gasteiger partial charge on any atom is -0.378 e. The maximum atomic E-state index is 5.98. The van der Waals surface area contributed by atoms with Crippen LogP contribution in [0.1, 0.15) is 57.8 Å². The molecule has 1 rings (SSSR count). The number of hydrogen-bond donors (Lipinski definition) is 2. The minimum atomic E-state index is 0.556. The van der Waals surface area contributed by atoms with E-state index in [0.29, 0.717) is 6.10 Å². The molecule has 0 aromatic rings. The molecule has 1 fully saturated rings. The topological polar surface area (TPSA) is 21.3 Å². The van der Waals surface area contributed by atoms with Gasteiger partial charge in [-0.15, -0.1) is 0 Å². The summed E-state index contributed by atoms with van der Waals surface area (Å²) in [6.07, 6.45) is 12.5. The van der Waals surface area contributed by atoms with Gasteiger partial charge >= 0.3 is 0 Å². The summed E-state index contributed by atoms with van der Waals surface area (Å²) in [7, 11) is 0. The van der Waals surface area contributed by atoms with Gasteiger partial charge in [0.15, 0.2) is 0 Å². The third kappa shape index (κ3) is 8.92. The molecule has 0 aromatic carbocycles. The number of nitrogens with one attached hydrogen (secondary N) is 1. The molecule has 1 N–H and O–H groups in total. The van der Waals surface area contributed by atoms with E-state index >= 15 is 0 Å². The highest BCUT2D eigenvalue weighted by Gasteiger charge is 2.10. The molecule has 2 nitrogen and oxygen atoms in total. The predicted molar refractivity (Wildman–Crippen MR) is 78.0 cm³/mol. The van der Waals surface area contributed by atoms with Crippen molar-refractivity contribution in [1.29, 1.82) is 0 Å². The second-order valence-electron chi connectivity index (χ2n) is 5.02. The van der Waals surface area contributed by atoms with Gasteiger partial charge in [0.1, 0.15) is 0 Å². The van der Waals surface area contributed by atoms with Crippen molar-refractivity contribution >= 4 is 12.6 Å². The number of ether oxygens (including phenoxy) is 1. The van der Waals surface area contributed by atoms with E-state index < -0.39 is 0 Å². The summed E-state index contributed by atoms with van der Waals surface area (Å²) in [6, 6.07) is 0. The molecule has 0 bridgehead atoms. The van der Waals surface area contributed by atoms with Crippen LogP contribution in [0.2, 0.25) is 0 Å². The van der Waals surface area contributed by atoms with Crippen LogP contribution in [0, 0.1) is 0 Å². The molecule has 0 spiro atoms. The lowest BCUT2D eigenvalue weighted by molar-refractivity contribution is 0.0335. The first-order valence-corrected chi connectivity index (χ1v) is 8.00. The summed E-state index contributed by atoms with van der Waals surface area (Å²) in [5.41, 5.74) is 0. The highest BCUT2D eigenvalue weighted by molar-refractivity contribution is 7.80. The quantitative estimate of drug-likeness (QED) is 0.515. The summed E-state index contributed by atoms with van der Waals surface area (Å²) in [5.74, 6) is 0.929. The predicted octanol–water partition coefficient (Wildman–Crippen LogP) is 3.42. The first-order valence-electron chi connectivity index (χ1n) is 7.36. The molecule has 0 radical (unpaired) electrons. The number of thiol groups is 1. The third-order valence-corrected chi connectivity index (χ3v) is 3.67. The van der Waals surface area contributed by atoms with Crippen LogP contribution in [-0.2, 0) is 4.74 Å². The van der Waals surface area contributed by atoms with Gasteiger partial charge in [-0.25, -0.2) is 0 Å². The van der Waals surface area contributed by atoms with Crippen LogP contribution in [-0.4, -0.2) is 31.6 Å². The second-order valence-corrected chi connectivity index (χ2v) is 5.47. The number of hydrogen-bond acceptors (Lipinski definition) is 3. The van der Waals surface area contributed by atoms with Gasteiger partial charge in [-0.2, -0.15) is 12.6 Å². The van der Waals surface area contributed by atoms with Crippen LogP contribution in [0.25, 0.3) is 0 Å². The molecular weight excluding hydrogens is 230 g/mol. The third-order valence-electron chi connectivity index (χ3n) is 3.44. The molecule has 0 heterocycles. The van der Waals surface area contributed by atoms with Crippen molar-refractivity contribution in [2.75, 3.05) is 25.4 Å². The van der Waals surface area contributed by atoms with E-state index in [2.05, 4.69) is 17.9 Å². The van der Waals surface area contributed by atoms with Gasteiger partial charge in [-0.3, -0.25) is 0 Å². The summed E-state index contributed by atoms with van der Waals surface area (Å²) in [5, 5.41) is 3.36. The monoisotopic (exact) mass is 259 g/mol. The maximum Gasteiger partial charge on any atom is 0.0575 e. The van der Waals surface area contributed by atoms with Gasteiger partial charge in [0, 0.05) is 18.9 Å². The second kappa shape index (κ2) is 11.4. The van der Waals surface area contributed by atoms with Crippen LogP contribution in [0.4, 0.5) is 0 Å². The lowest BCUT2D eigenvalue weighted by atomic mass is 9.98. The molecule has 17 heavy (non-hydrogen) atoms. The Bertz CT molecular complexity index is 158. The molecule has 0 aromatic heterocycles. The fourth-order valence-electron chi connectivity index (χ4n) is 2.39. The maximum absolute atomic E-state index is 5.98. The summed E-state index contributed by atoms with van der Waals surface area (Å²) in [6.45, 7) is 3.08. The van der Waals surface area contributed by atoms with E-state index in [9.17, 15) is 0 Å². The first kappa shape index (κ1) is 15.3. The fraction of sp³-hybridized carbons (Fsp3) is 1.00. The zero-order valence-electron chi connectivity index (χ0n) is 11.1. The molecule has 0 atom stereocenters. The van der Waals surface area contributed by atoms with Crippen molar-refractivity contribution in [2.45, 2.75) is 63.9 Å². The largest absolute Gasteiger partial charge is 0.378 e. The molecule has 0 aliphatic heterocycles. The van der Waals surface area contributed by atoms with E-state index in [4.69, 9.17) is 4.74 Å². The smallest absolute Gasteiger partial charge is 0.0575 e. The van der Waals surface area contributed by atoms with Gasteiger partial charge in [0.25, 0.3) is 0 Å². The Balaban J connectivity index is 1.90. The van der Waals surface area contributed by atoms with Crippen LogP contribution >= 0.6 is 12.6 Å². The molecular formula is C14H29NOS. The van der Waals surface area contributed by atoms with Crippen molar-refractivity contribution in [3.63, 3.8) is 0 Å². The first-order chi connectivity index (χ1) is 8.43. The highest BCUT2D eigenvalue weighted by atomic mass is 32.1. The van der Waals surface area contributed by atoms with E-state index in [0.717, 1.165) is 25.4 Å². The highest BCUT2D eigenvalue weighted by Crippen LogP contribution is 2.19. The van der Waals surface area contributed by atoms with Crippen molar-refractivity contribution in [3.05, 3.63) is 0 Å². The normalized spacial score (nSPS) is 18.9. The van der Waals surface area contributed by atoms with Crippen LogP contribution in [0.3, 0.4) is 0 Å². The zero-order chi connectivity index (χ0) is 12.2. The van der Waals surface area contributed by atoms with E-state index in [-0.39, 0.29) is 0 Å². The van der Waals surface area contributed by atoms with Crippen molar-refractivity contribution < 1.29 is 4.74 Å². The Labute approximate surface area is 112 Å². The molecule has 102 valence electrons. The van der Waals surface area contributed by atoms with Crippen molar-refractivity contribution in [2.24, 2.45) is 0 Å². The number of unbranched alkanes of at least 4 members (excludes halogenated alkanes) is 1. The van der Waals surface area contributed by atoms with Gasteiger partial charge in [0.05, 0.1) is 6.10 Å². The molecule has 0 unspecified atom stereocenters. The van der Waals surface area contributed by atoms with Crippen LogP contribution < -0.4 is 5.32 Å². The van der Waals surface area contributed by atoms with Gasteiger partial charge < -0.3 is 10.1 Å². The standard InChI is InChI=1S/C14H29NOS/c17-13-11-15-10-6-7-12-16-14-8-4-2-1-3-5-9-14/h14-15,17H,1-13H2. The van der Waals surface area contributed by atoms with Crippen molar-refractivity contribution in [1.82, 2.24) is 5.32 Å². The minimum absolute atomic E-state index is 0.556. The van der Waals surface area contributed by atoms with Crippen molar-refractivity contribution in [3.8, 4) is 0 Å². The zero-order valence-corrected chi connectivity index (χ0v) is 12.0. The van der Waals surface area contributed by atoms with Crippen LogP contribution in [0.5, 0.6) is 0 Å². The Morgan fingerprint density at radius 3 is 2.35 bits per heavy atom. The number of rotatable bonds is 8. The SMILES string of the molecule is SCCNCCCCOC1CCCCCCC1. The Hall–Kier alpha value is 0.270. The Morgan fingerprint density at radius 2 is 1.65 bits per heavy atom. The summed E-state index contributed by atoms with van der Waals surface area (Å²) < 4.78 is 5.98. The Kier molecular flexibility index (Phi) is 10.2. The fourth-order valence-corrected chi connectivity index (χ4v) is 2.55. The molecule has 0 amide bonds. The molecule has 1 saturated carbocycles.